The van der Waals surface area contributed by atoms with Crippen LogP contribution < -0.4 is 5.32 Å². The molecule has 130 valence electrons. The molecular formula is C20H25N5. The lowest BCUT2D eigenvalue weighted by Crippen LogP contribution is -2.26. The number of aromatic nitrogens is 3. The summed E-state index contributed by atoms with van der Waals surface area (Å²) >= 11 is 0. The number of hydrogen-bond donors (Lipinski definition) is 1. The van der Waals surface area contributed by atoms with E-state index in [1.807, 2.05) is 10.7 Å². The molecule has 1 aliphatic heterocycles. The highest BCUT2D eigenvalue weighted by Gasteiger charge is 2.12. The fourth-order valence-electron chi connectivity index (χ4n) is 3.43. The Balaban J connectivity index is 1.80. The van der Waals surface area contributed by atoms with Gasteiger partial charge in [0.1, 0.15) is 0 Å². The Morgan fingerprint density at radius 2 is 2.00 bits per heavy atom. The molecule has 1 aliphatic rings. The number of nitrogens with zero attached hydrogens (tertiary/aromatic N) is 4. The van der Waals surface area contributed by atoms with Crippen LogP contribution in [0.5, 0.6) is 0 Å². The van der Waals surface area contributed by atoms with Crippen LogP contribution in [0.1, 0.15) is 24.1 Å². The zero-order valence-corrected chi connectivity index (χ0v) is 15.0. The van der Waals surface area contributed by atoms with Gasteiger partial charge in [-0.05, 0) is 69.6 Å². The summed E-state index contributed by atoms with van der Waals surface area (Å²) in [6.45, 7) is 5.27. The maximum atomic E-state index is 4.86. The number of likely N-dealkylation sites (N-methyl/N-ethyl adjacent to an activating group) is 1. The van der Waals surface area contributed by atoms with Gasteiger partial charge >= 0.3 is 0 Å². The summed E-state index contributed by atoms with van der Waals surface area (Å²) in [5, 5.41) is 8.41. The van der Waals surface area contributed by atoms with Crippen LogP contribution in [0, 0.1) is 6.92 Å². The highest BCUT2D eigenvalue weighted by molar-refractivity contribution is 5.70. The second-order valence-corrected chi connectivity index (χ2v) is 6.95. The van der Waals surface area contributed by atoms with E-state index < -0.39 is 0 Å². The minimum atomic E-state index is 0.903. The van der Waals surface area contributed by atoms with E-state index in [4.69, 9.17) is 5.10 Å². The summed E-state index contributed by atoms with van der Waals surface area (Å²) in [6.07, 6.45) is 5.30. The van der Waals surface area contributed by atoms with Crippen molar-refractivity contribution in [2.24, 2.45) is 0 Å². The molecule has 0 spiro atoms. The van der Waals surface area contributed by atoms with Gasteiger partial charge in [-0.1, -0.05) is 6.07 Å². The number of benzene rings is 1. The second kappa shape index (κ2) is 6.84. The molecule has 0 fully saturated rings. The van der Waals surface area contributed by atoms with Crippen molar-refractivity contribution in [3.8, 4) is 11.3 Å². The molecule has 0 saturated carbocycles. The van der Waals surface area contributed by atoms with E-state index in [-0.39, 0.29) is 0 Å². The Kier molecular flexibility index (Phi) is 4.40. The highest BCUT2D eigenvalue weighted by atomic mass is 15.3. The molecule has 0 unspecified atom stereocenters. The van der Waals surface area contributed by atoms with Crippen LogP contribution in [0.2, 0.25) is 0 Å². The normalized spacial score (nSPS) is 16.4. The molecule has 1 N–H and O–H groups in total. The average Bonchev–Trinajstić information content (AvgIpc) is 3.02. The van der Waals surface area contributed by atoms with E-state index >= 15 is 0 Å². The Morgan fingerprint density at radius 3 is 2.92 bits per heavy atom. The largest absolute Gasteiger partial charge is 0.384 e. The van der Waals surface area contributed by atoms with Crippen molar-refractivity contribution in [3.63, 3.8) is 0 Å². The summed E-state index contributed by atoms with van der Waals surface area (Å²) in [4.78, 5) is 6.94. The van der Waals surface area contributed by atoms with Crippen LogP contribution in [0.15, 0.2) is 36.5 Å². The Morgan fingerprint density at radius 1 is 1.08 bits per heavy atom. The lowest BCUT2D eigenvalue weighted by atomic mass is 10.1. The molecular weight excluding hydrogens is 310 g/mol. The maximum absolute atomic E-state index is 4.86. The van der Waals surface area contributed by atoms with E-state index in [9.17, 15) is 0 Å². The summed E-state index contributed by atoms with van der Waals surface area (Å²) in [5.41, 5.74) is 6.67. The van der Waals surface area contributed by atoms with Crippen LogP contribution in [-0.2, 0) is 6.42 Å². The smallest absolute Gasteiger partial charge is 0.154 e. The molecule has 0 atom stereocenters. The molecule has 0 saturated heterocycles. The van der Waals surface area contributed by atoms with Gasteiger partial charge in [-0.2, -0.15) is 5.10 Å². The van der Waals surface area contributed by atoms with Gasteiger partial charge in [-0.25, -0.2) is 9.50 Å². The molecule has 0 radical (unpaired) electrons. The van der Waals surface area contributed by atoms with Crippen molar-refractivity contribution >= 4 is 11.3 Å². The molecule has 0 aliphatic carbocycles. The third-order valence-electron chi connectivity index (χ3n) is 4.98. The van der Waals surface area contributed by atoms with Gasteiger partial charge in [0.2, 0.25) is 0 Å². The van der Waals surface area contributed by atoms with Crippen molar-refractivity contribution in [2.45, 2.75) is 26.2 Å². The molecule has 2 aromatic heterocycles. The van der Waals surface area contributed by atoms with Gasteiger partial charge in [0.25, 0.3) is 0 Å². The van der Waals surface area contributed by atoms with Gasteiger partial charge in [-0.3, -0.25) is 0 Å². The zero-order chi connectivity index (χ0) is 17.2. The third kappa shape index (κ3) is 3.37. The Hall–Kier alpha value is -2.40. The summed E-state index contributed by atoms with van der Waals surface area (Å²) in [6, 6.07) is 10.7. The van der Waals surface area contributed by atoms with Gasteiger partial charge in [0.05, 0.1) is 17.6 Å². The first kappa shape index (κ1) is 16.1. The topological polar surface area (TPSA) is 45.5 Å². The lowest BCUT2D eigenvalue weighted by molar-refractivity contribution is 0.338. The molecule has 1 aromatic carbocycles. The zero-order valence-electron chi connectivity index (χ0n) is 15.0. The summed E-state index contributed by atoms with van der Waals surface area (Å²) < 4.78 is 1.99. The first-order valence-electron chi connectivity index (χ1n) is 9.08. The Bertz CT molecular complexity index is 883. The quantitative estimate of drug-likeness (QED) is 0.684. The van der Waals surface area contributed by atoms with E-state index in [1.54, 1.807) is 0 Å². The highest BCUT2D eigenvalue weighted by Crippen LogP contribution is 2.27. The third-order valence-corrected chi connectivity index (χ3v) is 4.98. The van der Waals surface area contributed by atoms with Crippen molar-refractivity contribution < 1.29 is 0 Å². The SMILES string of the molecule is Cc1ccc2cc1-c1cnc3ccc(nn13)CCCCN(C)CCN2. The van der Waals surface area contributed by atoms with E-state index in [0.29, 0.717) is 0 Å². The monoisotopic (exact) mass is 335 g/mol. The Labute approximate surface area is 148 Å². The molecule has 25 heavy (non-hydrogen) atoms. The van der Waals surface area contributed by atoms with Crippen molar-refractivity contribution in [1.82, 2.24) is 19.5 Å². The minimum absolute atomic E-state index is 0.903. The summed E-state index contributed by atoms with van der Waals surface area (Å²) in [7, 11) is 2.20. The van der Waals surface area contributed by atoms with Gasteiger partial charge in [-0.15, -0.1) is 0 Å². The van der Waals surface area contributed by atoms with Crippen LogP contribution >= 0.6 is 0 Å². The fraction of sp³-hybridized carbons (Fsp3) is 0.400. The number of rotatable bonds is 0. The molecule has 3 heterocycles. The average molecular weight is 335 g/mol. The molecule has 3 aromatic rings. The van der Waals surface area contributed by atoms with E-state index in [2.05, 4.69) is 59.5 Å². The lowest BCUT2D eigenvalue weighted by Gasteiger charge is -2.17. The molecule has 0 amide bonds. The van der Waals surface area contributed by atoms with Crippen LogP contribution in [0.3, 0.4) is 0 Å². The fourth-order valence-corrected chi connectivity index (χ4v) is 3.43. The predicted octanol–water partition coefficient (Wildman–Crippen LogP) is 3.38. The number of nitrogens with one attached hydrogen (secondary N) is 1. The maximum Gasteiger partial charge on any atom is 0.154 e. The standard InChI is InChI=1S/C20H25N5/c1-15-6-7-17-13-18(15)19-14-22-20-9-8-16(23-25(19)20)5-3-4-11-24(2)12-10-21-17/h6-9,13-14,21H,3-5,10-12H2,1-2H3. The van der Waals surface area contributed by atoms with Crippen LogP contribution in [0.4, 0.5) is 5.69 Å². The van der Waals surface area contributed by atoms with Gasteiger partial charge in [0.15, 0.2) is 5.65 Å². The number of aryl methyl sites for hydroxylation is 2. The van der Waals surface area contributed by atoms with Crippen LogP contribution in [0.25, 0.3) is 16.9 Å². The predicted molar refractivity (Wildman–Crippen MR) is 102 cm³/mol. The minimum Gasteiger partial charge on any atom is -0.384 e. The second-order valence-electron chi connectivity index (χ2n) is 6.95. The van der Waals surface area contributed by atoms with Crippen molar-refractivity contribution in [3.05, 3.63) is 47.8 Å². The first-order valence-corrected chi connectivity index (χ1v) is 9.08. The van der Waals surface area contributed by atoms with Crippen molar-refractivity contribution in [2.75, 3.05) is 32.0 Å². The molecule has 5 heteroatoms. The van der Waals surface area contributed by atoms with Gasteiger partial charge in [0, 0.05) is 24.3 Å². The first-order chi connectivity index (χ1) is 12.2. The molecule has 5 nitrogen and oxygen atoms in total. The molecule has 4 bridgehead atoms. The summed E-state index contributed by atoms with van der Waals surface area (Å²) in [5.74, 6) is 0. The number of imidazole rings is 1. The van der Waals surface area contributed by atoms with E-state index in [1.165, 1.54) is 17.5 Å². The number of hydrogen-bond acceptors (Lipinski definition) is 4. The van der Waals surface area contributed by atoms with Gasteiger partial charge < -0.3 is 10.2 Å². The van der Waals surface area contributed by atoms with Crippen LogP contribution in [-0.4, -0.2) is 46.2 Å². The number of anilines is 1. The van der Waals surface area contributed by atoms with E-state index in [0.717, 1.165) is 55.2 Å². The molecule has 4 rings (SSSR count). The van der Waals surface area contributed by atoms with Crippen molar-refractivity contribution in [1.29, 1.82) is 0 Å². The number of fused-ring (bicyclic) bond motifs is 4.